The summed E-state index contributed by atoms with van der Waals surface area (Å²) in [5.74, 6) is 0.354. The maximum Gasteiger partial charge on any atom is 0.138 e. The van der Waals surface area contributed by atoms with Crippen molar-refractivity contribution in [2.75, 3.05) is 0 Å². The van der Waals surface area contributed by atoms with Crippen LogP contribution in [-0.2, 0) is 4.79 Å². The van der Waals surface area contributed by atoms with Crippen LogP contribution in [0.4, 0.5) is 0 Å². The fraction of sp³-hybridized carbons (Fsp3) is 0.750. The van der Waals surface area contributed by atoms with Crippen molar-refractivity contribution in [3.05, 3.63) is 11.6 Å². The Morgan fingerprint density at radius 3 is 2.23 bits per heavy atom. The molecule has 1 heteroatoms. The van der Waals surface area contributed by atoms with E-state index < -0.39 is 0 Å². The molecular formula is C12H22O. The lowest BCUT2D eigenvalue weighted by Crippen LogP contribution is -2.19. The molecule has 0 bridgehead atoms. The Morgan fingerprint density at radius 2 is 1.85 bits per heavy atom. The van der Waals surface area contributed by atoms with Crippen LogP contribution in [0.15, 0.2) is 11.6 Å². The van der Waals surface area contributed by atoms with Gasteiger partial charge in [0.2, 0.25) is 0 Å². The largest absolute Gasteiger partial charge is 0.299 e. The Kier molecular flexibility index (Phi) is 4.97. The summed E-state index contributed by atoms with van der Waals surface area (Å²) in [4.78, 5) is 11.5. The average molecular weight is 182 g/mol. The first-order chi connectivity index (χ1) is 5.88. The van der Waals surface area contributed by atoms with Crippen LogP contribution in [0.3, 0.4) is 0 Å². The average Bonchev–Trinajstić information content (AvgIpc) is 2.02. The fourth-order valence-electron chi connectivity index (χ4n) is 0.969. The first-order valence-corrected chi connectivity index (χ1v) is 5.07. The topological polar surface area (TPSA) is 17.1 Å². The highest BCUT2D eigenvalue weighted by molar-refractivity contribution is 5.83. The van der Waals surface area contributed by atoms with E-state index in [4.69, 9.17) is 0 Å². The fourth-order valence-corrected chi connectivity index (χ4v) is 0.969. The Morgan fingerprint density at radius 1 is 1.31 bits per heavy atom. The van der Waals surface area contributed by atoms with Crippen LogP contribution in [0.5, 0.6) is 0 Å². The zero-order chi connectivity index (χ0) is 10.5. The third-order valence-electron chi connectivity index (χ3n) is 2.26. The van der Waals surface area contributed by atoms with Gasteiger partial charge in [0.25, 0.3) is 0 Å². The van der Waals surface area contributed by atoms with Gasteiger partial charge in [-0.15, -0.1) is 0 Å². The van der Waals surface area contributed by atoms with Crippen molar-refractivity contribution < 1.29 is 4.79 Å². The quantitative estimate of drug-likeness (QED) is 0.605. The molecule has 0 amide bonds. The van der Waals surface area contributed by atoms with Crippen molar-refractivity contribution in [1.82, 2.24) is 0 Å². The van der Waals surface area contributed by atoms with Crippen LogP contribution in [0, 0.1) is 5.41 Å². The van der Waals surface area contributed by atoms with Gasteiger partial charge < -0.3 is 0 Å². The number of ketones is 1. The van der Waals surface area contributed by atoms with E-state index in [1.165, 1.54) is 5.57 Å². The number of allylic oxidation sites excluding steroid dienone is 2. The van der Waals surface area contributed by atoms with Crippen LogP contribution >= 0.6 is 0 Å². The van der Waals surface area contributed by atoms with Gasteiger partial charge in [-0.2, -0.15) is 0 Å². The molecule has 13 heavy (non-hydrogen) atoms. The first kappa shape index (κ1) is 12.4. The lowest BCUT2D eigenvalue weighted by molar-refractivity contribution is -0.126. The van der Waals surface area contributed by atoms with Crippen LogP contribution in [0.1, 0.15) is 53.9 Å². The van der Waals surface area contributed by atoms with Gasteiger partial charge in [0.1, 0.15) is 5.78 Å². The van der Waals surface area contributed by atoms with Crippen LogP contribution in [-0.4, -0.2) is 5.78 Å². The molecule has 0 N–H and O–H groups in total. The van der Waals surface area contributed by atoms with Gasteiger partial charge >= 0.3 is 0 Å². The molecule has 1 nitrogen and oxygen atoms in total. The molecule has 0 aliphatic carbocycles. The van der Waals surface area contributed by atoms with E-state index in [0.717, 1.165) is 12.8 Å². The molecule has 0 aromatic carbocycles. The van der Waals surface area contributed by atoms with E-state index in [0.29, 0.717) is 12.2 Å². The molecule has 0 unspecified atom stereocenters. The van der Waals surface area contributed by atoms with Crippen LogP contribution in [0.2, 0.25) is 0 Å². The smallest absolute Gasteiger partial charge is 0.138 e. The van der Waals surface area contributed by atoms with E-state index in [1.54, 1.807) is 0 Å². The number of hydrogen-bond acceptors (Lipinski definition) is 1. The molecule has 76 valence electrons. The zero-order valence-electron chi connectivity index (χ0n) is 9.61. The Labute approximate surface area is 82.2 Å². The maximum absolute atomic E-state index is 11.5. The number of carbonyl (C=O) groups excluding carboxylic acids is 1. The third kappa shape index (κ3) is 5.62. The standard InChI is InChI=1S/C12H22O/c1-6-10(2)8-7-9-11(13)12(3,4)5/h8H,6-7,9H2,1-5H3. The van der Waals surface area contributed by atoms with E-state index in [-0.39, 0.29) is 5.41 Å². The molecule has 0 aromatic heterocycles. The van der Waals surface area contributed by atoms with Gasteiger partial charge in [0.05, 0.1) is 0 Å². The van der Waals surface area contributed by atoms with Gasteiger partial charge in [-0.1, -0.05) is 39.3 Å². The second kappa shape index (κ2) is 5.21. The summed E-state index contributed by atoms with van der Waals surface area (Å²) < 4.78 is 0. The highest BCUT2D eigenvalue weighted by atomic mass is 16.1. The molecule has 0 saturated heterocycles. The minimum Gasteiger partial charge on any atom is -0.299 e. The van der Waals surface area contributed by atoms with E-state index >= 15 is 0 Å². The molecular weight excluding hydrogens is 160 g/mol. The third-order valence-corrected chi connectivity index (χ3v) is 2.26. The molecule has 0 spiro atoms. The Bertz CT molecular complexity index is 194. The van der Waals surface area contributed by atoms with E-state index in [2.05, 4.69) is 19.9 Å². The second-order valence-electron chi connectivity index (χ2n) is 4.62. The SMILES string of the molecule is CCC(C)=CCCC(=O)C(C)(C)C. The molecule has 0 aliphatic heterocycles. The summed E-state index contributed by atoms with van der Waals surface area (Å²) in [6.45, 7) is 10.2. The first-order valence-electron chi connectivity index (χ1n) is 5.07. The van der Waals surface area contributed by atoms with Crippen molar-refractivity contribution in [1.29, 1.82) is 0 Å². The van der Waals surface area contributed by atoms with Crippen LogP contribution in [0.25, 0.3) is 0 Å². The Balaban J connectivity index is 3.85. The molecule has 0 aromatic rings. The van der Waals surface area contributed by atoms with Crippen LogP contribution < -0.4 is 0 Å². The summed E-state index contributed by atoms with van der Waals surface area (Å²) in [5, 5.41) is 0. The van der Waals surface area contributed by atoms with Crippen molar-refractivity contribution in [2.45, 2.75) is 53.9 Å². The van der Waals surface area contributed by atoms with Gasteiger partial charge in [-0.3, -0.25) is 4.79 Å². The molecule has 0 aliphatic rings. The van der Waals surface area contributed by atoms with E-state index in [1.807, 2.05) is 20.8 Å². The van der Waals surface area contributed by atoms with Crippen molar-refractivity contribution in [3.63, 3.8) is 0 Å². The molecule has 0 heterocycles. The summed E-state index contributed by atoms with van der Waals surface area (Å²) in [7, 11) is 0. The summed E-state index contributed by atoms with van der Waals surface area (Å²) in [6, 6.07) is 0. The zero-order valence-corrected chi connectivity index (χ0v) is 9.61. The molecule has 0 saturated carbocycles. The predicted molar refractivity (Wildman–Crippen MR) is 57.7 cm³/mol. The summed E-state index contributed by atoms with van der Waals surface area (Å²) in [6.07, 6.45) is 4.84. The van der Waals surface area contributed by atoms with Gasteiger partial charge in [-0.05, 0) is 19.8 Å². The monoisotopic (exact) mass is 182 g/mol. The van der Waals surface area contributed by atoms with Crippen molar-refractivity contribution in [3.8, 4) is 0 Å². The molecule has 0 atom stereocenters. The van der Waals surface area contributed by atoms with Gasteiger partial charge in [0, 0.05) is 11.8 Å². The highest BCUT2D eigenvalue weighted by Gasteiger charge is 2.19. The minimum absolute atomic E-state index is 0.173. The van der Waals surface area contributed by atoms with Crippen molar-refractivity contribution in [2.24, 2.45) is 5.41 Å². The Hall–Kier alpha value is -0.590. The van der Waals surface area contributed by atoms with Crippen molar-refractivity contribution >= 4 is 5.78 Å². The number of Topliss-reactive ketones (excluding diaryl/α,β-unsaturated/α-hetero) is 1. The summed E-state index contributed by atoms with van der Waals surface area (Å²) in [5.41, 5.74) is 1.20. The minimum atomic E-state index is -0.173. The number of hydrogen-bond donors (Lipinski definition) is 0. The summed E-state index contributed by atoms with van der Waals surface area (Å²) >= 11 is 0. The number of carbonyl (C=O) groups is 1. The number of rotatable bonds is 4. The second-order valence-corrected chi connectivity index (χ2v) is 4.62. The highest BCUT2D eigenvalue weighted by Crippen LogP contribution is 2.18. The van der Waals surface area contributed by atoms with E-state index in [9.17, 15) is 4.79 Å². The molecule has 0 fully saturated rings. The van der Waals surface area contributed by atoms with Gasteiger partial charge in [-0.25, -0.2) is 0 Å². The lowest BCUT2D eigenvalue weighted by atomic mass is 9.88. The molecule has 0 rings (SSSR count). The molecule has 0 radical (unpaired) electrons. The predicted octanol–water partition coefficient (Wildman–Crippen LogP) is 3.74. The normalized spacial score (nSPS) is 13.2. The maximum atomic E-state index is 11.5. The lowest BCUT2D eigenvalue weighted by Gasteiger charge is -2.15. The van der Waals surface area contributed by atoms with Gasteiger partial charge in [0.15, 0.2) is 0 Å².